The van der Waals surface area contributed by atoms with Crippen molar-refractivity contribution in [2.24, 2.45) is 11.8 Å². The van der Waals surface area contributed by atoms with Gasteiger partial charge in [-0.15, -0.1) is 0 Å². The van der Waals surface area contributed by atoms with Gasteiger partial charge in [0.15, 0.2) is 0 Å². The van der Waals surface area contributed by atoms with Crippen LogP contribution in [0.15, 0.2) is 24.8 Å². The fourth-order valence-corrected chi connectivity index (χ4v) is 3.90. The molecule has 0 bridgehead atoms. The maximum absolute atomic E-state index is 12.8. The van der Waals surface area contributed by atoms with Gasteiger partial charge in [-0.05, 0) is 37.7 Å². The number of nitrogens with one attached hydrogen (secondary N) is 1. The quantitative estimate of drug-likeness (QED) is 0.937. The number of piperidine rings is 1. The van der Waals surface area contributed by atoms with Gasteiger partial charge in [0.05, 0.1) is 6.33 Å². The number of aryl methyl sites for hydroxylation is 1. The summed E-state index contributed by atoms with van der Waals surface area (Å²) >= 11 is 0. The highest BCUT2D eigenvalue weighted by Gasteiger charge is 2.31. The number of hydrogen-bond donors (Lipinski definition) is 1. The van der Waals surface area contributed by atoms with Gasteiger partial charge in [-0.25, -0.2) is 4.98 Å². The molecule has 1 amide bonds. The molecule has 2 aliphatic rings. The average molecular weight is 313 g/mol. The Morgan fingerprint density at radius 2 is 2.13 bits per heavy atom. The van der Waals surface area contributed by atoms with Crippen LogP contribution >= 0.6 is 0 Å². The molecule has 0 spiro atoms. The molecule has 4 rings (SSSR count). The maximum Gasteiger partial charge on any atom is 0.226 e. The van der Waals surface area contributed by atoms with Gasteiger partial charge in [-0.1, -0.05) is 0 Å². The van der Waals surface area contributed by atoms with E-state index in [1.54, 1.807) is 0 Å². The summed E-state index contributed by atoms with van der Waals surface area (Å²) in [5.74, 6) is 1.15. The highest BCUT2D eigenvalue weighted by Crippen LogP contribution is 2.26. The molecule has 2 aromatic rings. The molecule has 6 nitrogen and oxygen atoms in total. The van der Waals surface area contributed by atoms with E-state index in [0.29, 0.717) is 11.8 Å². The molecule has 2 aromatic heterocycles. The van der Waals surface area contributed by atoms with E-state index in [1.807, 2.05) is 24.8 Å². The van der Waals surface area contributed by atoms with E-state index < -0.39 is 0 Å². The maximum atomic E-state index is 12.8. The van der Waals surface area contributed by atoms with Gasteiger partial charge in [0.1, 0.15) is 0 Å². The largest absolute Gasteiger partial charge is 0.342 e. The van der Waals surface area contributed by atoms with Crippen LogP contribution in [0.1, 0.15) is 30.7 Å². The minimum Gasteiger partial charge on any atom is -0.342 e. The first-order valence-electron chi connectivity index (χ1n) is 8.55. The number of imidazole rings is 1. The minimum absolute atomic E-state index is 0.142. The third kappa shape index (κ3) is 3.02. The number of hydrogen-bond acceptors (Lipinski definition) is 3. The van der Waals surface area contributed by atoms with E-state index in [-0.39, 0.29) is 5.92 Å². The lowest BCUT2D eigenvalue weighted by Gasteiger charge is -2.35. The van der Waals surface area contributed by atoms with Crippen molar-refractivity contribution in [2.75, 3.05) is 13.1 Å². The first kappa shape index (κ1) is 14.5. The summed E-state index contributed by atoms with van der Waals surface area (Å²) in [6.45, 7) is 2.71. The predicted octanol–water partition coefficient (Wildman–Crippen LogP) is 1.65. The number of amides is 1. The van der Waals surface area contributed by atoms with Gasteiger partial charge in [0.2, 0.25) is 5.91 Å². The summed E-state index contributed by atoms with van der Waals surface area (Å²) in [5, 5.41) is 7.05. The number of H-pyrrole nitrogens is 1. The first-order valence-corrected chi connectivity index (χ1v) is 8.55. The molecule has 4 heterocycles. The van der Waals surface area contributed by atoms with Crippen LogP contribution in [-0.4, -0.2) is 43.6 Å². The highest BCUT2D eigenvalue weighted by atomic mass is 16.2. The van der Waals surface area contributed by atoms with Crippen LogP contribution in [0.3, 0.4) is 0 Å². The zero-order valence-electron chi connectivity index (χ0n) is 13.3. The van der Waals surface area contributed by atoms with E-state index >= 15 is 0 Å². The zero-order valence-corrected chi connectivity index (χ0v) is 13.3. The lowest BCUT2D eigenvalue weighted by atomic mass is 9.90. The molecule has 1 atom stereocenters. The smallest absolute Gasteiger partial charge is 0.226 e. The normalized spacial score (nSPS) is 22.1. The summed E-state index contributed by atoms with van der Waals surface area (Å²) in [6, 6.07) is 2.04. The summed E-state index contributed by atoms with van der Waals surface area (Å²) in [5.41, 5.74) is 2.40. The second-order valence-corrected chi connectivity index (χ2v) is 6.82. The topological polar surface area (TPSA) is 66.8 Å². The number of carbonyl (C=O) groups is 1. The Labute approximate surface area is 135 Å². The van der Waals surface area contributed by atoms with E-state index in [1.165, 1.54) is 11.4 Å². The van der Waals surface area contributed by atoms with Crippen LogP contribution in [0.2, 0.25) is 0 Å². The molecule has 1 fully saturated rings. The van der Waals surface area contributed by atoms with Gasteiger partial charge in [-0.3, -0.25) is 9.89 Å². The summed E-state index contributed by atoms with van der Waals surface area (Å²) < 4.78 is 2.17. The Morgan fingerprint density at radius 3 is 2.91 bits per heavy atom. The second-order valence-electron chi connectivity index (χ2n) is 6.82. The standard InChI is InChI=1S/C17H23N5O/c23-17(14-4-8-22-12-18-11-16(22)10-14)21-6-2-13(3-7-21)9-15-1-5-19-20-15/h1,5,11-14H,2-4,6-10H2,(H,19,20). The van der Waals surface area contributed by atoms with Crippen LogP contribution in [0.5, 0.6) is 0 Å². The number of fused-ring (bicyclic) bond motifs is 1. The zero-order chi connectivity index (χ0) is 15.6. The number of carbonyl (C=O) groups excluding carboxylic acids is 1. The van der Waals surface area contributed by atoms with Crippen LogP contribution in [0.4, 0.5) is 0 Å². The monoisotopic (exact) mass is 313 g/mol. The van der Waals surface area contributed by atoms with Crippen LogP contribution in [0, 0.1) is 11.8 Å². The van der Waals surface area contributed by atoms with Crippen molar-refractivity contribution in [1.29, 1.82) is 0 Å². The molecule has 0 saturated carbocycles. The molecule has 122 valence electrons. The molecule has 6 heteroatoms. The first-order chi connectivity index (χ1) is 11.3. The van der Waals surface area contributed by atoms with E-state index in [2.05, 4.69) is 24.6 Å². The number of nitrogens with zero attached hydrogens (tertiary/aromatic N) is 4. The summed E-state index contributed by atoms with van der Waals surface area (Å²) in [6.07, 6.45) is 10.6. The molecule has 1 N–H and O–H groups in total. The third-order valence-corrected chi connectivity index (χ3v) is 5.31. The number of rotatable bonds is 3. The molecular weight excluding hydrogens is 290 g/mol. The molecule has 23 heavy (non-hydrogen) atoms. The third-order valence-electron chi connectivity index (χ3n) is 5.31. The predicted molar refractivity (Wildman–Crippen MR) is 85.6 cm³/mol. The van der Waals surface area contributed by atoms with Crippen molar-refractivity contribution in [3.63, 3.8) is 0 Å². The van der Waals surface area contributed by atoms with Crippen molar-refractivity contribution in [2.45, 2.75) is 38.6 Å². The van der Waals surface area contributed by atoms with E-state index in [0.717, 1.165) is 51.7 Å². The molecule has 1 saturated heterocycles. The molecule has 2 aliphatic heterocycles. The molecular formula is C17H23N5O. The Balaban J connectivity index is 1.31. The van der Waals surface area contributed by atoms with Crippen molar-refractivity contribution >= 4 is 5.91 Å². The molecule has 0 aromatic carbocycles. The van der Waals surface area contributed by atoms with Gasteiger partial charge < -0.3 is 9.47 Å². The van der Waals surface area contributed by atoms with Gasteiger partial charge >= 0.3 is 0 Å². The number of likely N-dealkylation sites (tertiary alicyclic amines) is 1. The average Bonchev–Trinajstić information content (AvgIpc) is 3.25. The molecule has 0 radical (unpaired) electrons. The molecule has 0 aliphatic carbocycles. The van der Waals surface area contributed by atoms with Gasteiger partial charge in [0, 0.05) is 55.8 Å². The van der Waals surface area contributed by atoms with Gasteiger partial charge in [-0.2, -0.15) is 5.10 Å². The summed E-state index contributed by atoms with van der Waals surface area (Å²) in [4.78, 5) is 19.1. The Bertz CT molecular complexity index is 654. The van der Waals surface area contributed by atoms with E-state index in [9.17, 15) is 4.79 Å². The SMILES string of the molecule is O=C(C1CCn2cncc2C1)N1CCC(Cc2ccn[nH]2)CC1. The van der Waals surface area contributed by atoms with Crippen LogP contribution in [-0.2, 0) is 24.2 Å². The minimum atomic E-state index is 0.142. The molecule has 1 unspecified atom stereocenters. The van der Waals surface area contributed by atoms with Crippen LogP contribution in [0.25, 0.3) is 0 Å². The number of aromatic nitrogens is 4. The highest BCUT2D eigenvalue weighted by molar-refractivity contribution is 5.79. The van der Waals surface area contributed by atoms with Crippen molar-refractivity contribution in [3.05, 3.63) is 36.2 Å². The fraction of sp³-hybridized carbons (Fsp3) is 0.588. The Hall–Kier alpha value is -2.11. The van der Waals surface area contributed by atoms with Crippen molar-refractivity contribution in [1.82, 2.24) is 24.6 Å². The number of aromatic amines is 1. The Morgan fingerprint density at radius 1 is 1.26 bits per heavy atom. The Kier molecular flexibility index (Phi) is 3.89. The van der Waals surface area contributed by atoms with Gasteiger partial charge in [0.25, 0.3) is 0 Å². The lowest BCUT2D eigenvalue weighted by molar-refractivity contribution is -0.137. The van der Waals surface area contributed by atoms with Crippen molar-refractivity contribution in [3.8, 4) is 0 Å². The van der Waals surface area contributed by atoms with Crippen molar-refractivity contribution < 1.29 is 4.79 Å². The fourth-order valence-electron chi connectivity index (χ4n) is 3.90. The lowest BCUT2D eigenvalue weighted by Crippen LogP contribution is -2.43. The van der Waals surface area contributed by atoms with Crippen LogP contribution < -0.4 is 0 Å². The summed E-state index contributed by atoms with van der Waals surface area (Å²) in [7, 11) is 0. The van der Waals surface area contributed by atoms with E-state index in [4.69, 9.17) is 0 Å². The second kappa shape index (κ2) is 6.18.